The Labute approximate surface area is 117 Å². The number of benzene rings is 2. The molecule has 0 spiro atoms. The van der Waals surface area contributed by atoms with Crippen LogP contribution in [0.3, 0.4) is 0 Å². The number of alkyl halides is 3. The zero-order chi connectivity index (χ0) is 15.0. The van der Waals surface area contributed by atoms with Crippen LogP contribution in [0.2, 0.25) is 0 Å². The summed E-state index contributed by atoms with van der Waals surface area (Å²) in [7, 11) is 0. The first-order valence-electron chi connectivity index (χ1n) is 6.11. The largest absolute Gasteiger partial charge is 0.416 e. The quantitative estimate of drug-likeness (QED) is 0.744. The van der Waals surface area contributed by atoms with Gasteiger partial charge in [-0.3, -0.25) is 4.79 Å². The smallest absolute Gasteiger partial charge is 0.313 e. The van der Waals surface area contributed by atoms with Crippen LogP contribution in [0.5, 0.6) is 0 Å². The summed E-state index contributed by atoms with van der Waals surface area (Å²) in [6.07, 6.45) is -3.09. The van der Waals surface area contributed by atoms with E-state index in [2.05, 4.69) is 9.97 Å². The highest BCUT2D eigenvalue weighted by Gasteiger charge is 2.30. The molecule has 6 heteroatoms. The summed E-state index contributed by atoms with van der Waals surface area (Å²) in [6, 6.07) is 9.77. The van der Waals surface area contributed by atoms with E-state index in [1.807, 2.05) is 0 Å². The molecule has 21 heavy (non-hydrogen) atoms. The van der Waals surface area contributed by atoms with Gasteiger partial charge in [-0.1, -0.05) is 24.3 Å². The fourth-order valence-electron chi connectivity index (χ4n) is 2.20. The highest BCUT2D eigenvalue weighted by Crippen LogP contribution is 2.32. The minimum atomic E-state index is -4.38. The minimum absolute atomic E-state index is 0.324. The summed E-state index contributed by atoms with van der Waals surface area (Å²) in [5, 5.41) is 0.361. The van der Waals surface area contributed by atoms with E-state index in [0.717, 1.165) is 12.1 Å². The first-order valence-corrected chi connectivity index (χ1v) is 6.11. The second-order valence-corrected chi connectivity index (χ2v) is 4.51. The lowest BCUT2D eigenvalue weighted by molar-refractivity contribution is -0.137. The van der Waals surface area contributed by atoms with E-state index in [9.17, 15) is 18.0 Å². The molecule has 3 rings (SSSR count). The van der Waals surface area contributed by atoms with Gasteiger partial charge in [0.05, 0.1) is 22.8 Å². The van der Waals surface area contributed by atoms with Gasteiger partial charge in [-0.05, 0) is 29.3 Å². The van der Waals surface area contributed by atoms with E-state index < -0.39 is 11.7 Å². The van der Waals surface area contributed by atoms with Gasteiger partial charge < -0.3 is 4.98 Å². The molecule has 0 bridgehead atoms. The Morgan fingerprint density at radius 2 is 1.71 bits per heavy atom. The molecule has 1 heterocycles. The monoisotopic (exact) mass is 290 g/mol. The number of hydrogen-bond donors (Lipinski definition) is 1. The van der Waals surface area contributed by atoms with E-state index in [1.54, 1.807) is 18.2 Å². The molecule has 1 aromatic heterocycles. The Morgan fingerprint density at radius 3 is 2.38 bits per heavy atom. The highest BCUT2D eigenvalue weighted by atomic mass is 19.4. The Bertz CT molecular complexity index is 846. The zero-order valence-corrected chi connectivity index (χ0v) is 10.6. The van der Waals surface area contributed by atoms with Gasteiger partial charge in [0.15, 0.2) is 0 Å². The third-order valence-electron chi connectivity index (χ3n) is 3.19. The lowest BCUT2D eigenvalue weighted by atomic mass is 10.00. The van der Waals surface area contributed by atoms with Crippen molar-refractivity contribution < 1.29 is 13.2 Å². The van der Waals surface area contributed by atoms with Crippen molar-refractivity contribution in [1.29, 1.82) is 0 Å². The Balaban J connectivity index is 2.20. The number of nitrogens with zero attached hydrogens (tertiary/aromatic N) is 1. The van der Waals surface area contributed by atoms with Crippen molar-refractivity contribution in [3.05, 3.63) is 64.7 Å². The third kappa shape index (κ3) is 2.40. The van der Waals surface area contributed by atoms with Crippen molar-refractivity contribution in [3.63, 3.8) is 0 Å². The molecule has 0 aliphatic carbocycles. The van der Waals surface area contributed by atoms with E-state index in [-0.39, 0.29) is 5.56 Å². The maximum absolute atomic E-state index is 12.6. The summed E-state index contributed by atoms with van der Waals surface area (Å²) in [6.45, 7) is 0. The molecule has 3 nitrogen and oxygen atoms in total. The van der Waals surface area contributed by atoms with E-state index in [1.165, 1.54) is 18.5 Å². The van der Waals surface area contributed by atoms with Crippen LogP contribution in [0.1, 0.15) is 5.56 Å². The zero-order valence-electron chi connectivity index (χ0n) is 10.6. The molecule has 0 fully saturated rings. The van der Waals surface area contributed by atoms with Gasteiger partial charge in [0.25, 0.3) is 5.56 Å². The van der Waals surface area contributed by atoms with E-state index >= 15 is 0 Å². The van der Waals surface area contributed by atoms with Crippen LogP contribution in [0, 0.1) is 0 Å². The standard InChI is InChI=1S/C15H9F3N2O/c16-15(17,18)10-6-4-9(5-7-10)11-2-1-3-12-13(11)14(21)20-8-19-12/h1-8H,(H,19,20,21). The third-order valence-corrected chi connectivity index (χ3v) is 3.19. The molecule has 0 aliphatic heterocycles. The molecule has 1 N–H and O–H groups in total. The minimum Gasteiger partial charge on any atom is -0.313 e. The number of aromatic amines is 1. The van der Waals surface area contributed by atoms with Gasteiger partial charge in [-0.25, -0.2) is 4.98 Å². The maximum Gasteiger partial charge on any atom is 0.416 e. The Kier molecular flexibility index (Phi) is 3.01. The second-order valence-electron chi connectivity index (χ2n) is 4.51. The SMILES string of the molecule is O=c1[nH]cnc2cccc(-c3ccc(C(F)(F)F)cc3)c12. The molecule has 0 amide bonds. The number of fused-ring (bicyclic) bond motifs is 1. The fraction of sp³-hybridized carbons (Fsp3) is 0.0667. The number of nitrogens with one attached hydrogen (secondary N) is 1. The summed E-state index contributed by atoms with van der Waals surface area (Å²) in [4.78, 5) is 18.4. The number of rotatable bonds is 1. The second kappa shape index (κ2) is 4.73. The van der Waals surface area contributed by atoms with Crippen molar-refractivity contribution in [2.75, 3.05) is 0 Å². The summed E-state index contributed by atoms with van der Waals surface area (Å²) in [5.41, 5.74) is 0.535. The lowest BCUT2D eigenvalue weighted by Gasteiger charge is -2.09. The number of H-pyrrole nitrogens is 1. The first kappa shape index (κ1) is 13.4. The fourth-order valence-corrected chi connectivity index (χ4v) is 2.20. The Hall–Kier alpha value is -2.63. The van der Waals surface area contributed by atoms with Crippen LogP contribution in [0.15, 0.2) is 53.6 Å². The van der Waals surface area contributed by atoms with Gasteiger partial charge in [0.2, 0.25) is 0 Å². The molecule has 0 aliphatic rings. The van der Waals surface area contributed by atoms with Crippen LogP contribution >= 0.6 is 0 Å². The average Bonchev–Trinajstić information content (AvgIpc) is 2.46. The van der Waals surface area contributed by atoms with Crippen LogP contribution in [0.4, 0.5) is 13.2 Å². The highest BCUT2D eigenvalue weighted by molar-refractivity contribution is 5.93. The molecule has 0 atom stereocenters. The molecule has 3 aromatic rings. The van der Waals surface area contributed by atoms with Gasteiger partial charge in [0.1, 0.15) is 0 Å². The van der Waals surface area contributed by atoms with Crippen molar-refractivity contribution >= 4 is 10.9 Å². The van der Waals surface area contributed by atoms with Crippen LogP contribution < -0.4 is 5.56 Å². The normalized spacial score (nSPS) is 11.8. The summed E-state index contributed by atoms with van der Waals surface area (Å²) < 4.78 is 37.7. The van der Waals surface area contributed by atoms with Crippen molar-refractivity contribution in [1.82, 2.24) is 9.97 Å². The van der Waals surface area contributed by atoms with E-state index in [0.29, 0.717) is 22.0 Å². The molecule has 106 valence electrons. The molecule has 0 radical (unpaired) electrons. The predicted molar refractivity (Wildman–Crippen MR) is 72.8 cm³/mol. The average molecular weight is 290 g/mol. The van der Waals surface area contributed by atoms with Crippen molar-refractivity contribution in [3.8, 4) is 11.1 Å². The van der Waals surface area contributed by atoms with Gasteiger partial charge in [-0.15, -0.1) is 0 Å². The van der Waals surface area contributed by atoms with Crippen molar-refractivity contribution in [2.24, 2.45) is 0 Å². The maximum atomic E-state index is 12.6. The van der Waals surface area contributed by atoms with Gasteiger partial charge >= 0.3 is 6.18 Å². The first-order chi connectivity index (χ1) is 9.97. The van der Waals surface area contributed by atoms with Crippen molar-refractivity contribution in [2.45, 2.75) is 6.18 Å². The van der Waals surface area contributed by atoms with E-state index in [4.69, 9.17) is 0 Å². The predicted octanol–water partition coefficient (Wildman–Crippen LogP) is 3.61. The summed E-state index contributed by atoms with van der Waals surface area (Å²) in [5.74, 6) is 0. The molecule has 0 unspecified atom stereocenters. The molecular weight excluding hydrogens is 281 g/mol. The number of halogens is 3. The lowest BCUT2D eigenvalue weighted by Crippen LogP contribution is -2.07. The molecule has 0 saturated carbocycles. The van der Waals surface area contributed by atoms with Gasteiger partial charge in [0, 0.05) is 0 Å². The molecule has 0 saturated heterocycles. The van der Waals surface area contributed by atoms with Crippen LogP contribution in [0.25, 0.3) is 22.0 Å². The topological polar surface area (TPSA) is 45.8 Å². The molecule has 2 aromatic carbocycles. The van der Waals surface area contributed by atoms with Crippen LogP contribution in [-0.2, 0) is 6.18 Å². The Morgan fingerprint density at radius 1 is 1.00 bits per heavy atom. The number of hydrogen-bond acceptors (Lipinski definition) is 2. The van der Waals surface area contributed by atoms with Crippen LogP contribution in [-0.4, -0.2) is 9.97 Å². The van der Waals surface area contributed by atoms with Gasteiger partial charge in [-0.2, -0.15) is 13.2 Å². The number of aromatic nitrogens is 2. The summed E-state index contributed by atoms with van der Waals surface area (Å²) >= 11 is 0. The molecular formula is C15H9F3N2O.